The van der Waals surface area contributed by atoms with Gasteiger partial charge in [0.1, 0.15) is 0 Å². The zero-order valence-electron chi connectivity index (χ0n) is 12.8. The van der Waals surface area contributed by atoms with E-state index in [-0.39, 0.29) is 12.1 Å². The molecule has 2 rings (SSSR count). The number of hydrogen-bond donors (Lipinski definition) is 1. The Morgan fingerprint density at radius 2 is 2.09 bits per heavy atom. The van der Waals surface area contributed by atoms with E-state index in [9.17, 15) is 4.79 Å². The molecule has 6 heteroatoms. The van der Waals surface area contributed by atoms with Gasteiger partial charge in [-0.1, -0.05) is 12.1 Å². The van der Waals surface area contributed by atoms with Crippen molar-refractivity contribution in [3.8, 4) is 6.07 Å². The number of amides is 2. The molecule has 2 aromatic rings. The summed E-state index contributed by atoms with van der Waals surface area (Å²) in [4.78, 5) is 18.4. The van der Waals surface area contributed by atoms with Gasteiger partial charge in [0.2, 0.25) is 0 Å². The third kappa shape index (κ3) is 4.06. The average Bonchev–Trinajstić information content (AvgIpc) is 2.90. The van der Waals surface area contributed by atoms with Gasteiger partial charge in [0.25, 0.3) is 0 Å². The molecule has 5 nitrogen and oxygen atoms in total. The van der Waals surface area contributed by atoms with E-state index in [1.165, 1.54) is 11.3 Å². The topological polar surface area (TPSA) is 69.0 Å². The van der Waals surface area contributed by atoms with Crippen LogP contribution in [-0.4, -0.2) is 22.0 Å². The van der Waals surface area contributed by atoms with Crippen molar-refractivity contribution in [3.63, 3.8) is 0 Å². The number of carbonyl (C=O) groups is 1. The summed E-state index contributed by atoms with van der Waals surface area (Å²) in [5, 5.41) is 14.2. The fourth-order valence-corrected chi connectivity index (χ4v) is 2.62. The molecule has 2 amide bonds. The predicted molar refractivity (Wildman–Crippen MR) is 87.7 cm³/mol. The molecular weight excluding hydrogens is 296 g/mol. The Morgan fingerprint density at radius 1 is 1.41 bits per heavy atom. The normalized spacial score (nSPS) is 10.3. The number of nitrogens with zero attached hydrogens (tertiary/aromatic N) is 3. The summed E-state index contributed by atoms with van der Waals surface area (Å²) in [6.45, 7) is 6.31. The number of nitrogens with one attached hydrogen (secondary N) is 1. The molecule has 0 bridgehead atoms. The molecule has 0 atom stereocenters. The fourth-order valence-electron chi connectivity index (χ4n) is 1.94. The lowest BCUT2D eigenvalue weighted by Crippen LogP contribution is -2.39. The fraction of sp³-hybridized carbons (Fsp3) is 0.312. The van der Waals surface area contributed by atoms with Crippen molar-refractivity contribution in [1.82, 2.24) is 9.88 Å². The summed E-state index contributed by atoms with van der Waals surface area (Å²) in [5.41, 5.74) is 2.49. The van der Waals surface area contributed by atoms with Crippen molar-refractivity contribution in [1.29, 1.82) is 5.26 Å². The summed E-state index contributed by atoms with van der Waals surface area (Å²) >= 11 is 1.41. The largest absolute Gasteiger partial charge is 0.324 e. The van der Waals surface area contributed by atoms with Gasteiger partial charge in [0.15, 0.2) is 5.13 Å². The van der Waals surface area contributed by atoms with Crippen LogP contribution in [0.25, 0.3) is 0 Å². The van der Waals surface area contributed by atoms with Gasteiger partial charge in [-0.25, -0.2) is 9.78 Å². The van der Waals surface area contributed by atoms with E-state index in [0.717, 1.165) is 11.3 Å². The highest BCUT2D eigenvalue weighted by molar-refractivity contribution is 7.13. The molecule has 0 unspecified atom stereocenters. The first-order valence-electron chi connectivity index (χ1n) is 6.98. The van der Waals surface area contributed by atoms with Crippen molar-refractivity contribution in [2.45, 2.75) is 33.4 Å². The molecule has 22 heavy (non-hydrogen) atoms. The van der Waals surface area contributed by atoms with Gasteiger partial charge in [-0.3, -0.25) is 5.32 Å². The number of aromatic nitrogens is 1. The Bertz CT molecular complexity index is 685. The monoisotopic (exact) mass is 314 g/mol. The SMILES string of the molecule is Cc1csc(NC(=O)N(Cc2ccc(C#N)cc2)C(C)C)n1. The Labute approximate surface area is 134 Å². The molecular formula is C16H18N4OS. The van der Waals surface area contributed by atoms with E-state index in [4.69, 9.17) is 5.26 Å². The van der Waals surface area contributed by atoms with Gasteiger partial charge in [-0.2, -0.15) is 5.26 Å². The minimum atomic E-state index is -0.172. The zero-order chi connectivity index (χ0) is 16.1. The van der Waals surface area contributed by atoms with Crippen LogP contribution >= 0.6 is 11.3 Å². The highest BCUT2D eigenvalue weighted by Gasteiger charge is 2.18. The molecule has 1 N–H and O–H groups in total. The highest BCUT2D eigenvalue weighted by atomic mass is 32.1. The standard InChI is InChI=1S/C16H18N4OS/c1-11(2)20(9-14-6-4-13(8-17)5-7-14)16(21)19-15-18-12(3)10-22-15/h4-7,10-11H,9H2,1-3H3,(H,18,19,21). The second-order valence-electron chi connectivity index (χ2n) is 5.25. The number of anilines is 1. The molecule has 1 aromatic heterocycles. The van der Waals surface area contributed by atoms with Crippen molar-refractivity contribution >= 4 is 22.5 Å². The lowest BCUT2D eigenvalue weighted by atomic mass is 10.1. The van der Waals surface area contributed by atoms with Crippen molar-refractivity contribution < 1.29 is 4.79 Å². The van der Waals surface area contributed by atoms with Gasteiger partial charge in [0.05, 0.1) is 17.3 Å². The number of thiazole rings is 1. The van der Waals surface area contributed by atoms with Gasteiger partial charge in [-0.05, 0) is 38.5 Å². The Hall–Kier alpha value is -2.39. The van der Waals surface area contributed by atoms with E-state index in [0.29, 0.717) is 17.2 Å². The van der Waals surface area contributed by atoms with Crippen LogP contribution in [0.4, 0.5) is 9.93 Å². The van der Waals surface area contributed by atoms with Gasteiger partial charge in [0, 0.05) is 18.0 Å². The maximum Gasteiger partial charge on any atom is 0.324 e. The first-order chi connectivity index (χ1) is 10.5. The molecule has 0 saturated carbocycles. The Morgan fingerprint density at radius 3 is 2.59 bits per heavy atom. The van der Waals surface area contributed by atoms with Crippen LogP contribution in [0, 0.1) is 18.3 Å². The van der Waals surface area contributed by atoms with Crippen molar-refractivity contribution in [2.24, 2.45) is 0 Å². The summed E-state index contributed by atoms with van der Waals surface area (Å²) < 4.78 is 0. The lowest BCUT2D eigenvalue weighted by Gasteiger charge is -2.26. The summed E-state index contributed by atoms with van der Waals surface area (Å²) in [6, 6.07) is 9.23. The van der Waals surface area contributed by atoms with Crippen LogP contribution in [0.2, 0.25) is 0 Å². The number of benzene rings is 1. The minimum absolute atomic E-state index is 0.0525. The van der Waals surface area contributed by atoms with Crippen LogP contribution in [0.3, 0.4) is 0 Å². The van der Waals surface area contributed by atoms with Crippen LogP contribution in [-0.2, 0) is 6.54 Å². The maximum atomic E-state index is 12.4. The minimum Gasteiger partial charge on any atom is -0.318 e. The zero-order valence-corrected chi connectivity index (χ0v) is 13.6. The molecule has 0 saturated heterocycles. The smallest absolute Gasteiger partial charge is 0.318 e. The molecule has 0 aliphatic heterocycles. The quantitative estimate of drug-likeness (QED) is 0.934. The third-order valence-corrected chi connectivity index (χ3v) is 4.03. The van der Waals surface area contributed by atoms with Crippen LogP contribution in [0.15, 0.2) is 29.6 Å². The van der Waals surface area contributed by atoms with Crippen molar-refractivity contribution in [2.75, 3.05) is 5.32 Å². The molecule has 1 heterocycles. The summed E-state index contributed by atoms with van der Waals surface area (Å²) in [7, 11) is 0. The van der Waals surface area contributed by atoms with E-state index < -0.39 is 0 Å². The predicted octanol–water partition coefficient (Wildman–Crippen LogP) is 3.77. The maximum absolute atomic E-state index is 12.4. The van der Waals surface area contributed by atoms with Gasteiger partial charge < -0.3 is 4.90 Å². The lowest BCUT2D eigenvalue weighted by molar-refractivity contribution is 0.193. The van der Waals surface area contributed by atoms with Crippen LogP contribution in [0.5, 0.6) is 0 Å². The van der Waals surface area contributed by atoms with Crippen LogP contribution in [0.1, 0.15) is 30.7 Å². The Balaban J connectivity index is 2.08. The van der Waals surface area contributed by atoms with E-state index in [2.05, 4.69) is 16.4 Å². The molecule has 0 aliphatic rings. The number of hydrogen-bond acceptors (Lipinski definition) is 4. The van der Waals surface area contributed by atoms with E-state index in [1.807, 2.05) is 38.3 Å². The molecule has 0 fully saturated rings. The second-order valence-corrected chi connectivity index (χ2v) is 6.11. The molecule has 0 aliphatic carbocycles. The van der Waals surface area contributed by atoms with Crippen LogP contribution < -0.4 is 5.32 Å². The average molecular weight is 314 g/mol. The second kappa shape index (κ2) is 7.05. The number of carbonyl (C=O) groups excluding carboxylic acids is 1. The van der Waals surface area contributed by atoms with E-state index in [1.54, 1.807) is 17.0 Å². The van der Waals surface area contributed by atoms with E-state index >= 15 is 0 Å². The first kappa shape index (κ1) is 16.0. The number of nitriles is 1. The number of urea groups is 1. The van der Waals surface area contributed by atoms with Gasteiger partial charge in [-0.15, -0.1) is 11.3 Å². The number of aryl methyl sites for hydroxylation is 1. The molecule has 114 valence electrons. The third-order valence-electron chi connectivity index (χ3n) is 3.15. The summed E-state index contributed by atoms with van der Waals surface area (Å²) in [5.74, 6) is 0. The molecule has 1 aromatic carbocycles. The summed E-state index contributed by atoms with van der Waals surface area (Å²) in [6.07, 6.45) is 0. The molecule has 0 radical (unpaired) electrons. The number of rotatable bonds is 4. The Kier molecular flexibility index (Phi) is 5.12. The first-order valence-corrected chi connectivity index (χ1v) is 7.86. The highest BCUT2D eigenvalue weighted by Crippen LogP contribution is 2.17. The van der Waals surface area contributed by atoms with Gasteiger partial charge >= 0.3 is 6.03 Å². The molecule has 0 spiro atoms. The van der Waals surface area contributed by atoms with Crippen molar-refractivity contribution in [3.05, 3.63) is 46.5 Å².